The summed E-state index contributed by atoms with van der Waals surface area (Å²) in [5.74, 6) is -1.29. The number of aromatic nitrogens is 2. The minimum Gasteiger partial charge on any atom is -0.262 e. The third-order valence-corrected chi connectivity index (χ3v) is 3.58. The predicted octanol–water partition coefficient (Wildman–Crippen LogP) is 1.32. The molecule has 1 aromatic heterocycles. The molecule has 0 saturated heterocycles. The van der Waals surface area contributed by atoms with Gasteiger partial charge in [-0.05, 0) is 6.07 Å². The third-order valence-electron chi connectivity index (χ3n) is 2.23. The number of hydrogen-bond acceptors (Lipinski definition) is 6. The lowest BCUT2D eigenvalue weighted by molar-refractivity contribution is -0.387. The van der Waals surface area contributed by atoms with Crippen molar-refractivity contribution in [1.29, 1.82) is 0 Å². The van der Waals surface area contributed by atoms with Gasteiger partial charge in [0.2, 0.25) is 5.82 Å². The van der Waals surface area contributed by atoms with Gasteiger partial charge in [0.15, 0.2) is 5.82 Å². The zero-order valence-corrected chi connectivity index (χ0v) is 10.5. The number of nitro groups is 1. The highest BCUT2D eigenvalue weighted by Crippen LogP contribution is 2.21. The van der Waals surface area contributed by atoms with Crippen molar-refractivity contribution in [2.45, 2.75) is 4.90 Å². The summed E-state index contributed by atoms with van der Waals surface area (Å²) in [6.45, 7) is 0. The SMILES string of the molecule is O=[N+]([O-])c1ccc(S(=O)(=O)Nc2cnccn2)cc1F. The maximum Gasteiger partial charge on any atom is 0.304 e. The molecule has 104 valence electrons. The Kier molecular flexibility index (Phi) is 3.57. The first-order valence-corrected chi connectivity index (χ1v) is 6.61. The molecule has 0 unspecified atom stereocenters. The van der Waals surface area contributed by atoms with Crippen molar-refractivity contribution in [3.8, 4) is 0 Å². The Labute approximate surface area is 112 Å². The molecular weight excluding hydrogens is 291 g/mol. The smallest absolute Gasteiger partial charge is 0.262 e. The summed E-state index contributed by atoms with van der Waals surface area (Å²) < 4.78 is 39.3. The Balaban J connectivity index is 2.35. The molecule has 0 amide bonds. The fourth-order valence-corrected chi connectivity index (χ4v) is 2.36. The predicted molar refractivity (Wildman–Crippen MR) is 65.9 cm³/mol. The van der Waals surface area contributed by atoms with E-state index in [1.165, 1.54) is 18.6 Å². The standard InChI is InChI=1S/C10H7FN4O4S/c11-8-5-7(1-2-9(8)15(16)17)20(18,19)14-10-6-12-3-4-13-10/h1-6H,(H,13,14). The van der Waals surface area contributed by atoms with Crippen LogP contribution in [0.25, 0.3) is 0 Å². The summed E-state index contributed by atoms with van der Waals surface area (Å²) in [4.78, 5) is 16.4. The van der Waals surface area contributed by atoms with Gasteiger partial charge in [-0.1, -0.05) is 0 Å². The number of sulfonamides is 1. The Hall–Kier alpha value is -2.62. The Morgan fingerprint density at radius 3 is 2.60 bits per heavy atom. The van der Waals surface area contributed by atoms with Gasteiger partial charge in [-0.25, -0.2) is 13.4 Å². The Bertz CT molecular complexity index is 751. The number of halogens is 1. The molecular formula is C10H7FN4O4S. The van der Waals surface area contributed by atoms with Gasteiger partial charge in [-0.3, -0.25) is 19.8 Å². The lowest BCUT2D eigenvalue weighted by atomic mass is 10.3. The number of nitrogens with zero attached hydrogens (tertiary/aromatic N) is 3. The number of rotatable bonds is 4. The van der Waals surface area contributed by atoms with Gasteiger partial charge in [-0.15, -0.1) is 0 Å². The summed E-state index contributed by atoms with van der Waals surface area (Å²) in [6, 6.07) is 2.28. The molecule has 0 radical (unpaired) electrons. The van der Waals surface area contributed by atoms with E-state index < -0.39 is 31.3 Å². The topological polar surface area (TPSA) is 115 Å². The van der Waals surface area contributed by atoms with E-state index in [0.717, 1.165) is 12.1 Å². The molecule has 10 heteroatoms. The van der Waals surface area contributed by atoms with Crippen molar-refractivity contribution < 1.29 is 17.7 Å². The van der Waals surface area contributed by atoms with Crippen molar-refractivity contribution >= 4 is 21.5 Å². The monoisotopic (exact) mass is 298 g/mol. The molecule has 1 heterocycles. The number of nitro benzene ring substituents is 1. The van der Waals surface area contributed by atoms with Crippen molar-refractivity contribution in [2.24, 2.45) is 0 Å². The number of anilines is 1. The average molecular weight is 298 g/mol. The van der Waals surface area contributed by atoms with Crippen LogP contribution in [0.4, 0.5) is 15.9 Å². The molecule has 2 rings (SSSR count). The molecule has 0 atom stereocenters. The van der Waals surface area contributed by atoms with Crippen LogP contribution in [0.2, 0.25) is 0 Å². The highest BCUT2D eigenvalue weighted by molar-refractivity contribution is 7.92. The first kappa shape index (κ1) is 13.8. The van der Waals surface area contributed by atoms with Gasteiger partial charge >= 0.3 is 5.69 Å². The van der Waals surface area contributed by atoms with E-state index in [-0.39, 0.29) is 5.82 Å². The summed E-state index contributed by atoms with van der Waals surface area (Å²) in [6.07, 6.45) is 3.79. The molecule has 0 bridgehead atoms. The van der Waals surface area contributed by atoms with Gasteiger partial charge in [0.1, 0.15) is 0 Å². The van der Waals surface area contributed by atoms with Crippen molar-refractivity contribution in [3.05, 3.63) is 52.7 Å². The second kappa shape index (κ2) is 5.17. The van der Waals surface area contributed by atoms with E-state index in [9.17, 15) is 22.9 Å². The van der Waals surface area contributed by atoms with Gasteiger partial charge in [-0.2, -0.15) is 4.39 Å². The molecule has 2 aromatic rings. The van der Waals surface area contributed by atoms with Crippen molar-refractivity contribution in [2.75, 3.05) is 4.72 Å². The van der Waals surface area contributed by atoms with E-state index in [1.807, 2.05) is 0 Å². The molecule has 1 N–H and O–H groups in total. The summed E-state index contributed by atoms with van der Waals surface area (Å²) in [7, 11) is -4.09. The zero-order chi connectivity index (χ0) is 14.8. The summed E-state index contributed by atoms with van der Waals surface area (Å²) in [5.41, 5.74) is -0.802. The maximum absolute atomic E-state index is 13.4. The Morgan fingerprint density at radius 1 is 1.30 bits per heavy atom. The molecule has 0 aliphatic heterocycles. The van der Waals surface area contributed by atoms with E-state index >= 15 is 0 Å². The van der Waals surface area contributed by atoms with Gasteiger partial charge < -0.3 is 0 Å². The maximum atomic E-state index is 13.4. The van der Waals surface area contributed by atoms with Gasteiger partial charge in [0.05, 0.1) is 16.0 Å². The van der Waals surface area contributed by atoms with Crippen LogP contribution >= 0.6 is 0 Å². The molecule has 1 aromatic carbocycles. The molecule has 8 nitrogen and oxygen atoms in total. The number of benzene rings is 1. The molecule has 0 saturated carbocycles. The van der Waals surface area contributed by atoms with Crippen LogP contribution in [0, 0.1) is 15.9 Å². The highest BCUT2D eigenvalue weighted by Gasteiger charge is 2.21. The quantitative estimate of drug-likeness (QED) is 0.672. The largest absolute Gasteiger partial charge is 0.304 e. The first-order valence-electron chi connectivity index (χ1n) is 5.13. The van der Waals surface area contributed by atoms with Crippen LogP contribution in [-0.4, -0.2) is 23.3 Å². The second-order valence-electron chi connectivity index (χ2n) is 3.57. The molecule has 0 fully saturated rings. The second-order valence-corrected chi connectivity index (χ2v) is 5.25. The van der Waals surface area contributed by atoms with E-state index in [0.29, 0.717) is 6.07 Å². The van der Waals surface area contributed by atoms with Crippen LogP contribution < -0.4 is 4.72 Å². The molecule has 20 heavy (non-hydrogen) atoms. The van der Waals surface area contributed by atoms with E-state index in [1.54, 1.807) is 0 Å². The minimum absolute atomic E-state index is 0.0498. The highest BCUT2D eigenvalue weighted by atomic mass is 32.2. The fourth-order valence-electron chi connectivity index (χ4n) is 1.35. The van der Waals surface area contributed by atoms with Crippen LogP contribution in [0.3, 0.4) is 0 Å². The fraction of sp³-hybridized carbons (Fsp3) is 0. The van der Waals surface area contributed by atoms with Crippen LogP contribution in [0.1, 0.15) is 0 Å². The van der Waals surface area contributed by atoms with Crippen molar-refractivity contribution in [1.82, 2.24) is 9.97 Å². The van der Waals surface area contributed by atoms with Gasteiger partial charge in [0.25, 0.3) is 10.0 Å². The summed E-state index contributed by atoms with van der Waals surface area (Å²) >= 11 is 0. The first-order chi connectivity index (χ1) is 9.40. The average Bonchev–Trinajstić information content (AvgIpc) is 2.38. The number of nitrogens with one attached hydrogen (secondary N) is 1. The molecule has 0 aliphatic carbocycles. The zero-order valence-electron chi connectivity index (χ0n) is 9.72. The molecule has 0 spiro atoms. The van der Waals surface area contributed by atoms with Crippen LogP contribution in [-0.2, 0) is 10.0 Å². The van der Waals surface area contributed by atoms with Crippen molar-refractivity contribution in [3.63, 3.8) is 0 Å². The van der Waals surface area contributed by atoms with E-state index in [4.69, 9.17) is 0 Å². The Morgan fingerprint density at radius 2 is 2.05 bits per heavy atom. The van der Waals surface area contributed by atoms with Crippen LogP contribution in [0.15, 0.2) is 41.7 Å². The minimum atomic E-state index is -4.09. The van der Waals surface area contributed by atoms with E-state index in [2.05, 4.69) is 14.7 Å². The normalized spacial score (nSPS) is 11.1. The van der Waals surface area contributed by atoms with Gasteiger partial charge in [0, 0.05) is 24.5 Å². The third kappa shape index (κ3) is 2.85. The summed E-state index contributed by atoms with van der Waals surface area (Å²) in [5, 5.41) is 10.5. The number of hydrogen-bond donors (Lipinski definition) is 1. The lowest BCUT2D eigenvalue weighted by Gasteiger charge is -2.06. The van der Waals surface area contributed by atoms with Crippen LogP contribution in [0.5, 0.6) is 0 Å². The molecule has 0 aliphatic rings. The lowest BCUT2D eigenvalue weighted by Crippen LogP contribution is -2.14.